The fraction of sp³-hybridized carbons (Fsp3) is 0.292. The third kappa shape index (κ3) is 5.92. The van der Waals surface area contributed by atoms with Crippen LogP contribution in [0.3, 0.4) is 0 Å². The average Bonchev–Trinajstić information content (AvgIpc) is 3.36. The number of unbranched alkanes of at least 4 members (excludes halogenated alkanes) is 1. The maximum absolute atomic E-state index is 12.1. The van der Waals surface area contributed by atoms with Gasteiger partial charge in [0.15, 0.2) is 0 Å². The molecular weight excluding hydrogens is 410 g/mol. The van der Waals surface area contributed by atoms with Gasteiger partial charge in [0.2, 0.25) is 5.91 Å². The van der Waals surface area contributed by atoms with Crippen LogP contribution in [0.2, 0.25) is 0 Å². The zero-order valence-corrected chi connectivity index (χ0v) is 18.9. The predicted molar refractivity (Wildman–Crippen MR) is 124 cm³/mol. The summed E-state index contributed by atoms with van der Waals surface area (Å²) in [6.45, 7) is 6.50. The van der Waals surface area contributed by atoms with E-state index in [9.17, 15) is 9.59 Å². The Morgan fingerprint density at radius 1 is 1.19 bits per heavy atom. The molecule has 2 aromatic heterocycles. The van der Waals surface area contributed by atoms with Crippen LogP contribution in [0.15, 0.2) is 52.9 Å². The van der Waals surface area contributed by atoms with E-state index in [2.05, 4.69) is 22.0 Å². The second-order valence-electron chi connectivity index (χ2n) is 7.25. The third-order valence-electron chi connectivity index (χ3n) is 4.87. The van der Waals surface area contributed by atoms with E-state index < -0.39 is 0 Å². The first-order valence-corrected chi connectivity index (χ1v) is 11.2. The van der Waals surface area contributed by atoms with E-state index in [4.69, 9.17) is 4.74 Å². The number of amides is 1. The summed E-state index contributed by atoms with van der Waals surface area (Å²) in [6.07, 6.45) is 3.83. The summed E-state index contributed by atoms with van der Waals surface area (Å²) in [5.41, 5.74) is 7.00. The van der Waals surface area contributed by atoms with Crippen molar-refractivity contribution in [3.8, 4) is 5.69 Å². The van der Waals surface area contributed by atoms with Crippen LogP contribution in [0.5, 0.6) is 0 Å². The lowest BCUT2D eigenvalue weighted by molar-refractivity contribution is -0.120. The molecule has 0 bridgehead atoms. The largest absolute Gasteiger partial charge is 0.462 e. The number of carbonyl (C=O) groups excluding carboxylic acids is 2. The van der Waals surface area contributed by atoms with E-state index in [1.807, 2.05) is 49.6 Å². The number of carbonyl (C=O) groups is 2. The van der Waals surface area contributed by atoms with Crippen LogP contribution < -0.4 is 5.43 Å². The van der Waals surface area contributed by atoms with Gasteiger partial charge in [-0.15, -0.1) is 11.3 Å². The van der Waals surface area contributed by atoms with Gasteiger partial charge in [0.05, 0.1) is 24.8 Å². The van der Waals surface area contributed by atoms with Gasteiger partial charge >= 0.3 is 5.97 Å². The predicted octanol–water partition coefficient (Wildman–Crippen LogP) is 4.81. The van der Waals surface area contributed by atoms with Crippen molar-refractivity contribution in [1.82, 2.24) is 9.99 Å². The van der Waals surface area contributed by atoms with Gasteiger partial charge in [0.1, 0.15) is 0 Å². The number of ether oxygens (including phenoxy) is 1. The number of aryl methyl sites for hydroxylation is 1. The number of hydrogen-bond donors (Lipinski definition) is 1. The van der Waals surface area contributed by atoms with Crippen LogP contribution in [0.25, 0.3) is 5.69 Å². The molecule has 0 radical (unpaired) electrons. The Balaban J connectivity index is 1.66. The summed E-state index contributed by atoms with van der Waals surface area (Å²) < 4.78 is 7.35. The van der Waals surface area contributed by atoms with E-state index in [0.717, 1.165) is 40.4 Å². The lowest BCUT2D eigenvalue weighted by atomic mass is 10.2. The Hall–Kier alpha value is -3.19. The van der Waals surface area contributed by atoms with Crippen LogP contribution in [0, 0.1) is 13.8 Å². The molecule has 0 saturated carbocycles. The van der Waals surface area contributed by atoms with E-state index >= 15 is 0 Å². The first kappa shape index (κ1) is 22.5. The Morgan fingerprint density at radius 3 is 2.65 bits per heavy atom. The second-order valence-corrected chi connectivity index (χ2v) is 8.28. The highest BCUT2D eigenvalue weighted by molar-refractivity contribution is 7.10. The van der Waals surface area contributed by atoms with Crippen LogP contribution in [-0.2, 0) is 16.0 Å². The molecule has 162 valence electrons. The highest BCUT2D eigenvalue weighted by Crippen LogP contribution is 2.20. The van der Waals surface area contributed by atoms with Crippen molar-refractivity contribution in [2.45, 2.75) is 40.0 Å². The quantitative estimate of drug-likeness (QED) is 0.226. The summed E-state index contributed by atoms with van der Waals surface area (Å²) in [5.74, 6) is -0.444. The molecule has 7 heteroatoms. The number of nitrogens with zero attached hydrogens (tertiary/aromatic N) is 2. The van der Waals surface area contributed by atoms with Crippen molar-refractivity contribution in [2.75, 3.05) is 6.61 Å². The summed E-state index contributed by atoms with van der Waals surface area (Å²) in [5, 5.41) is 6.06. The van der Waals surface area contributed by atoms with Crippen molar-refractivity contribution in [3.63, 3.8) is 0 Å². The fourth-order valence-corrected chi connectivity index (χ4v) is 3.94. The van der Waals surface area contributed by atoms with Gasteiger partial charge in [0.25, 0.3) is 0 Å². The third-order valence-corrected chi connectivity index (χ3v) is 5.75. The minimum absolute atomic E-state index is 0.145. The van der Waals surface area contributed by atoms with Crippen molar-refractivity contribution >= 4 is 29.4 Å². The van der Waals surface area contributed by atoms with Crippen molar-refractivity contribution < 1.29 is 14.3 Å². The topological polar surface area (TPSA) is 72.7 Å². The summed E-state index contributed by atoms with van der Waals surface area (Å²) in [4.78, 5) is 25.1. The number of benzene rings is 1. The van der Waals surface area contributed by atoms with Crippen molar-refractivity contribution in [2.24, 2.45) is 5.10 Å². The monoisotopic (exact) mass is 437 g/mol. The molecule has 6 nitrogen and oxygen atoms in total. The Morgan fingerprint density at radius 2 is 1.97 bits per heavy atom. The molecule has 3 aromatic rings. The van der Waals surface area contributed by atoms with Gasteiger partial charge < -0.3 is 9.30 Å². The molecule has 31 heavy (non-hydrogen) atoms. The van der Waals surface area contributed by atoms with E-state index in [-0.39, 0.29) is 11.9 Å². The number of aromatic nitrogens is 1. The molecule has 1 N–H and O–H groups in total. The van der Waals surface area contributed by atoms with Crippen LogP contribution in [-0.4, -0.2) is 29.3 Å². The Bertz CT molecular complexity index is 1050. The fourth-order valence-electron chi connectivity index (χ4n) is 3.24. The highest BCUT2D eigenvalue weighted by Gasteiger charge is 2.12. The molecule has 0 aliphatic heterocycles. The highest BCUT2D eigenvalue weighted by atomic mass is 32.1. The number of hydrazone groups is 1. The van der Waals surface area contributed by atoms with Gasteiger partial charge in [0, 0.05) is 27.5 Å². The molecule has 3 rings (SSSR count). The molecule has 1 aromatic carbocycles. The van der Waals surface area contributed by atoms with E-state index in [1.165, 1.54) is 0 Å². The first-order valence-electron chi connectivity index (χ1n) is 10.3. The molecule has 0 atom stereocenters. The first-order chi connectivity index (χ1) is 15.0. The molecule has 2 heterocycles. The van der Waals surface area contributed by atoms with Gasteiger partial charge in [-0.05, 0) is 62.0 Å². The Labute approximate surface area is 186 Å². The molecule has 0 fully saturated rings. The number of thiophene rings is 1. The molecule has 0 spiro atoms. The van der Waals surface area contributed by atoms with Crippen LogP contribution in [0.4, 0.5) is 0 Å². The number of hydrogen-bond acceptors (Lipinski definition) is 5. The van der Waals surface area contributed by atoms with Gasteiger partial charge in [-0.1, -0.05) is 19.4 Å². The van der Waals surface area contributed by atoms with Crippen molar-refractivity contribution in [3.05, 3.63) is 75.2 Å². The smallest absolute Gasteiger partial charge is 0.338 e. The zero-order chi connectivity index (χ0) is 22.2. The molecule has 0 unspecified atom stereocenters. The molecule has 1 amide bonds. The maximum atomic E-state index is 12.1. The lowest BCUT2D eigenvalue weighted by Gasteiger charge is -2.10. The van der Waals surface area contributed by atoms with Crippen LogP contribution >= 0.6 is 11.3 Å². The average molecular weight is 438 g/mol. The SMILES string of the molecule is CCCCOC(=O)c1ccc(-n2c(C)cc(/C=N\NC(=O)Cc3cccs3)c2C)cc1. The molecular formula is C24H27N3O3S. The molecule has 0 saturated heterocycles. The number of rotatable bonds is 9. The minimum Gasteiger partial charge on any atom is -0.462 e. The molecule has 0 aliphatic carbocycles. The van der Waals surface area contributed by atoms with Gasteiger partial charge in [-0.25, -0.2) is 10.2 Å². The maximum Gasteiger partial charge on any atom is 0.338 e. The normalized spacial score (nSPS) is 11.1. The number of nitrogens with one attached hydrogen (secondary N) is 1. The summed E-state index contributed by atoms with van der Waals surface area (Å²) >= 11 is 1.55. The second kappa shape index (κ2) is 10.7. The van der Waals surface area contributed by atoms with Crippen LogP contribution in [0.1, 0.15) is 52.0 Å². The van der Waals surface area contributed by atoms with Gasteiger partial charge in [-0.3, -0.25) is 4.79 Å². The zero-order valence-electron chi connectivity index (χ0n) is 18.1. The summed E-state index contributed by atoms with van der Waals surface area (Å²) in [7, 11) is 0. The van der Waals surface area contributed by atoms with E-state index in [0.29, 0.717) is 18.6 Å². The molecule has 0 aliphatic rings. The standard InChI is InChI=1S/C24H27N3O3S/c1-4-5-12-30-24(29)19-8-10-21(11-9-19)27-17(2)14-20(18(27)3)16-25-26-23(28)15-22-7-6-13-31-22/h6-11,13-14,16H,4-5,12,15H2,1-3H3,(H,26,28)/b25-16-. The summed E-state index contributed by atoms with van der Waals surface area (Å²) in [6, 6.07) is 13.2. The van der Waals surface area contributed by atoms with E-state index in [1.54, 1.807) is 29.7 Å². The minimum atomic E-state index is -0.299. The number of esters is 1. The van der Waals surface area contributed by atoms with Crippen molar-refractivity contribution in [1.29, 1.82) is 0 Å². The lowest BCUT2D eigenvalue weighted by Crippen LogP contribution is -2.19. The van der Waals surface area contributed by atoms with Gasteiger partial charge in [-0.2, -0.15) is 5.10 Å². The Kier molecular flexibility index (Phi) is 7.78.